The van der Waals surface area contributed by atoms with Crippen molar-refractivity contribution in [2.75, 3.05) is 52.9 Å². The number of pyridine rings is 1. The number of ether oxygens (including phenoxy) is 5. The SMILES string of the molecule is [O-]C1=NCc2ccc(cc2)OCCOCCOCCOCCOc2ccc(cc2)CN=C([O-])c2cccc1n2. The molecule has 10 heteroatoms. The summed E-state index contributed by atoms with van der Waals surface area (Å²) in [6.07, 6.45) is 0. The van der Waals surface area contributed by atoms with E-state index in [2.05, 4.69) is 15.0 Å². The molecule has 0 saturated heterocycles. The lowest BCUT2D eigenvalue weighted by Crippen LogP contribution is -2.25. The maximum atomic E-state index is 12.6. The van der Waals surface area contributed by atoms with E-state index in [-0.39, 0.29) is 24.5 Å². The third-order valence-corrected chi connectivity index (χ3v) is 5.58. The second kappa shape index (κ2) is 15.4. The van der Waals surface area contributed by atoms with Crippen LogP contribution in [0.15, 0.2) is 76.7 Å². The number of rotatable bonds is 0. The quantitative estimate of drug-likeness (QED) is 0.425. The van der Waals surface area contributed by atoms with Gasteiger partial charge in [0.2, 0.25) is 0 Å². The van der Waals surface area contributed by atoms with Crippen molar-refractivity contribution in [3.8, 4) is 11.5 Å². The molecule has 0 aliphatic carbocycles. The molecule has 5 heterocycles. The van der Waals surface area contributed by atoms with Crippen LogP contribution < -0.4 is 19.7 Å². The molecule has 206 valence electrons. The molecule has 0 amide bonds. The van der Waals surface area contributed by atoms with Crippen LogP contribution in [-0.2, 0) is 27.3 Å². The number of aliphatic imine (C=N–C) groups is 2. The monoisotopic (exact) mass is 533 g/mol. The molecule has 4 aliphatic heterocycles. The first-order valence-electron chi connectivity index (χ1n) is 12.7. The Balaban J connectivity index is 1.41. The minimum Gasteiger partial charge on any atom is -0.857 e. The molecule has 0 fully saturated rings. The Kier molecular flexibility index (Phi) is 11.1. The van der Waals surface area contributed by atoms with Crippen molar-refractivity contribution in [3.63, 3.8) is 0 Å². The summed E-state index contributed by atoms with van der Waals surface area (Å²) in [5, 5.41) is 25.2. The van der Waals surface area contributed by atoms with E-state index in [0.717, 1.165) is 11.1 Å². The fourth-order valence-corrected chi connectivity index (χ4v) is 3.52. The summed E-state index contributed by atoms with van der Waals surface area (Å²) in [7, 11) is 0. The van der Waals surface area contributed by atoms with Crippen molar-refractivity contribution in [1.82, 2.24) is 4.98 Å². The van der Waals surface area contributed by atoms with Crippen molar-refractivity contribution < 1.29 is 33.9 Å². The fraction of sp³-hybridized carbons (Fsp3) is 0.345. The summed E-state index contributed by atoms with van der Waals surface area (Å²) in [6, 6.07) is 19.3. The number of aromatic nitrogens is 1. The van der Waals surface area contributed by atoms with Gasteiger partial charge < -0.3 is 33.9 Å². The average Bonchev–Trinajstić information content (AvgIpc) is 2.98. The lowest BCUT2D eigenvalue weighted by atomic mass is 10.2. The molecule has 2 aromatic carbocycles. The molecule has 39 heavy (non-hydrogen) atoms. The number of hydrogen-bond donors (Lipinski definition) is 0. The Morgan fingerprint density at radius 2 is 0.872 bits per heavy atom. The highest BCUT2D eigenvalue weighted by Crippen LogP contribution is 2.14. The predicted octanol–water partition coefficient (Wildman–Crippen LogP) is 1.52. The van der Waals surface area contributed by atoms with E-state index in [9.17, 15) is 10.2 Å². The van der Waals surface area contributed by atoms with Gasteiger partial charge in [0.25, 0.3) is 0 Å². The summed E-state index contributed by atoms with van der Waals surface area (Å²) in [5.74, 6) is 0.370. The Hall–Kier alpha value is -3.99. The van der Waals surface area contributed by atoms with Crippen LogP contribution in [0.1, 0.15) is 22.5 Å². The van der Waals surface area contributed by atoms with Crippen LogP contribution in [0.3, 0.4) is 0 Å². The molecular formula is C29H31N3O7-2. The van der Waals surface area contributed by atoms with Gasteiger partial charge in [0.05, 0.1) is 64.1 Å². The zero-order valence-electron chi connectivity index (χ0n) is 21.6. The summed E-state index contributed by atoms with van der Waals surface area (Å²) >= 11 is 0. The van der Waals surface area contributed by atoms with E-state index in [0.29, 0.717) is 64.4 Å². The van der Waals surface area contributed by atoms with Crippen LogP contribution in [-0.4, -0.2) is 69.6 Å². The maximum Gasteiger partial charge on any atom is 0.119 e. The van der Waals surface area contributed by atoms with Gasteiger partial charge in [-0.05, 0) is 47.5 Å². The Labute approximate surface area is 227 Å². The zero-order chi connectivity index (χ0) is 27.1. The molecule has 0 saturated carbocycles. The van der Waals surface area contributed by atoms with Crippen LogP contribution in [0.25, 0.3) is 0 Å². The van der Waals surface area contributed by atoms with Gasteiger partial charge in [0.15, 0.2) is 0 Å². The second-order valence-electron chi connectivity index (χ2n) is 8.47. The van der Waals surface area contributed by atoms with E-state index in [1.54, 1.807) is 6.07 Å². The van der Waals surface area contributed by atoms with E-state index in [4.69, 9.17) is 23.7 Å². The van der Waals surface area contributed by atoms with Crippen molar-refractivity contribution in [3.05, 3.63) is 89.2 Å². The van der Waals surface area contributed by atoms with Gasteiger partial charge in [-0.25, -0.2) is 4.98 Å². The molecule has 0 spiro atoms. The highest BCUT2D eigenvalue weighted by molar-refractivity contribution is 5.92. The average molecular weight is 534 g/mol. The standard InChI is InChI=1S/C29H33N3O7/c33-28-26-2-1-3-27(32-26)29(34)31-21-23-6-10-25(11-7-23)39-19-17-37-15-13-35-12-14-36-16-18-38-24-8-4-22(5-9-24)20-30-28/h1-11H,12-21H2,(H,30,33)(H,31,34)/p-2. The van der Waals surface area contributed by atoms with Gasteiger partial charge in [0.1, 0.15) is 24.7 Å². The normalized spacial score (nSPS) is 16.8. The molecule has 4 aliphatic rings. The van der Waals surface area contributed by atoms with E-state index < -0.39 is 11.8 Å². The molecule has 0 N–H and O–H groups in total. The Morgan fingerprint density at radius 1 is 0.487 bits per heavy atom. The van der Waals surface area contributed by atoms with Crippen molar-refractivity contribution in [1.29, 1.82) is 0 Å². The first-order chi connectivity index (χ1) is 19.2. The highest BCUT2D eigenvalue weighted by atomic mass is 16.6. The van der Waals surface area contributed by atoms with Crippen molar-refractivity contribution >= 4 is 11.8 Å². The van der Waals surface area contributed by atoms with E-state index >= 15 is 0 Å². The van der Waals surface area contributed by atoms with Crippen LogP contribution in [0.5, 0.6) is 11.5 Å². The van der Waals surface area contributed by atoms with Gasteiger partial charge in [-0.15, -0.1) is 0 Å². The maximum absolute atomic E-state index is 12.6. The summed E-state index contributed by atoms with van der Waals surface area (Å²) in [6.45, 7) is 3.92. The predicted molar refractivity (Wildman–Crippen MR) is 141 cm³/mol. The zero-order valence-corrected chi connectivity index (χ0v) is 21.6. The molecular weight excluding hydrogens is 502 g/mol. The van der Waals surface area contributed by atoms with Crippen molar-refractivity contribution in [2.45, 2.75) is 13.1 Å². The molecule has 1 aromatic heterocycles. The highest BCUT2D eigenvalue weighted by Gasteiger charge is 2.02. The van der Waals surface area contributed by atoms with E-state index in [1.165, 1.54) is 12.1 Å². The molecule has 7 rings (SSSR count). The van der Waals surface area contributed by atoms with E-state index in [1.807, 2.05) is 48.5 Å². The second-order valence-corrected chi connectivity index (χ2v) is 8.47. The van der Waals surface area contributed by atoms with Gasteiger partial charge in [-0.3, -0.25) is 9.98 Å². The fourth-order valence-electron chi connectivity index (χ4n) is 3.52. The molecule has 6 bridgehead atoms. The Morgan fingerprint density at radius 3 is 1.28 bits per heavy atom. The number of nitrogens with zero attached hydrogens (tertiary/aromatic N) is 3. The molecule has 0 atom stereocenters. The van der Waals surface area contributed by atoms with Gasteiger partial charge in [0, 0.05) is 11.8 Å². The first kappa shape index (κ1) is 28.0. The van der Waals surface area contributed by atoms with Crippen LogP contribution in [0.4, 0.5) is 0 Å². The third kappa shape index (κ3) is 9.68. The number of hydrogen-bond acceptors (Lipinski definition) is 10. The lowest BCUT2D eigenvalue weighted by molar-refractivity contribution is -0.214. The molecule has 0 unspecified atom stereocenters. The molecule has 10 nitrogen and oxygen atoms in total. The summed E-state index contributed by atoms with van der Waals surface area (Å²) < 4.78 is 27.9. The molecule has 3 aromatic rings. The topological polar surface area (TPSA) is 130 Å². The number of benzene rings is 2. The van der Waals surface area contributed by atoms with Crippen molar-refractivity contribution in [2.24, 2.45) is 9.98 Å². The Bertz CT molecular complexity index is 1120. The minimum atomic E-state index is -0.508. The minimum absolute atomic E-state index is 0.0894. The van der Waals surface area contributed by atoms with Gasteiger partial charge in [-0.1, -0.05) is 30.3 Å². The summed E-state index contributed by atoms with van der Waals surface area (Å²) in [5.41, 5.74) is 1.86. The van der Waals surface area contributed by atoms with Gasteiger partial charge in [-0.2, -0.15) is 0 Å². The first-order valence-corrected chi connectivity index (χ1v) is 12.7. The lowest BCUT2D eigenvalue weighted by Gasteiger charge is -2.15. The smallest absolute Gasteiger partial charge is 0.119 e. The van der Waals surface area contributed by atoms with Crippen LogP contribution in [0.2, 0.25) is 0 Å². The molecule has 0 radical (unpaired) electrons. The van der Waals surface area contributed by atoms with Crippen LogP contribution in [0, 0.1) is 0 Å². The van der Waals surface area contributed by atoms with Crippen LogP contribution >= 0.6 is 0 Å². The summed E-state index contributed by atoms with van der Waals surface area (Å²) in [4.78, 5) is 12.4. The third-order valence-electron chi connectivity index (χ3n) is 5.58. The van der Waals surface area contributed by atoms with Gasteiger partial charge >= 0.3 is 0 Å². The largest absolute Gasteiger partial charge is 0.857 e.